The molecule has 17 heteroatoms. The summed E-state index contributed by atoms with van der Waals surface area (Å²) in [7, 11) is 0. The lowest BCUT2D eigenvalue weighted by atomic mass is 9.95. The molecule has 0 aliphatic rings. The first-order valence-corrected chi connectivity index (χ1v) is 24.1. The molecule has 0 aromatic carbocycles. The van der Waals surface area contributed by atoms with Gasteiger partial charge >= 0.3 is 11.9 Å². The van der Waals surface area contributed by atoms with Gasteiger partial charge in [-0.2, -0.15) is 0 Å². The van der Waals surface area contributed by atoms with Crippen LogP contribution in [0.1, 0.15) is 175 Å². The van der Waals surface area contributed by atoms with Crippen LogP contribution in [0.4, 0.5) is 0 Å². The molecular formula is C47H87N3O14. The Hall–Kier alpha value is -3.51. The van der Waals surface area contributed by atoms with Crippen molar-refractivity contribution < 1.29 is 67.8 Å². The van der Waals surface area contributed by atoms with Gasteiger partial charge in [0.1, 0.15) is 31.6 Å². The van der Waals surface area contributed by atoms with Gasteiger partial charge in [0, 0.05) is 44.9 Å². The van der Waals surface area contributed by atoms with E-state index in [9.17, 15) is 33.6 Å². The Kier molecular flexibility index (Phi) is 46.4. The van der Waals surface area contributed by atoms with E-state index >= 15 is 0 Å². The van der Waals surface area contributed by atoms with E-state index < -0.39 is 24.6 Å². The summed E-state index contributed by atoms with van der Waals surface area (Å²) in [6.45, 7) is 8.44. The number of carboxylic acids is 2. The number of amides is 3. The second-order valence-electron chi connectivity index (χ2n) is 16.2. The van der Waals surface area contributed by atoms with Gasteiger partial charge in [0.25, 0.3) is 0 Å². The maximum Gasteiger partial charge on any atom is 0.326 e. The topological polar surface area (TPSA) is 253 Å². The molecule has 0 radical (unpaired) electrons. The van der Waals surface area contributed by atoms with Crippen LogP contribution in [-0.4, -0.2) is 135 Å². The summed E-state index contributed by atoms with van der Waals surface area (Å²) in [6, 6.07) is -0.978. The number of carboxylic acid groups (broad SMARTS) is 2. The molecule has 0 saturated heterocycles. The van der Waals surface area contributed by atoms with Gasteiger partial charge in [0.05, 0.1) is 33.0 Å². The number of nitrogens with one attached hydrogen (secondary N) is 3. The van der Waals surface area contributed by atoms with Gasteiger partial charge in [-0.1, -0.05) is 104 Å². The van der Waals surface area contributed by atoms with E-state index in [-0.39, 0.29) is 67.9 Å². The Morgan fingerprint density at radius 3 is 1.45 bits per heavy atom. The molecule has 0 saturated carbocycles. The molecule has 0 aromatic heterocycles. The monoisotopic (exact) mass is 918 g/mol. The fraction of sp³-hybridized carbons (Fsp3) is 0.851. The summed E-state index contributed by atoms with van der Waals surface area (Å²) in [4.78, 5) is 79.2. The number of hydrogen-bond acceptors (Lipinski definition) is 12. The van der Waals surface area contributed by atoms with Gasteiger partial charge in [-0.15, -0.1) is 0 Å². The van der Waals surface area contributed by atoms with Crippen molar-refractivity contribution in [2.75, 3.05) is 72.6 Å². The quantitative estimate of drug-likeness (QED) is 0.0378. The normalized spacial score (nSPS) is 11.8. The number of rotatable bonds is 46. The smallest absolute Gasteiger partial charge is 0.326 e. The molecule has 0 heterocycles. The van der Waals surface area contributed by atoms with Gasteiger partial charge in [0.2, 0.25) is 17.7 Å². The SMILES string of the molecule is CC(=O)CC[C@H](NC(=O)CCCCCCCCCCCCCCCCC(=O)O)C(=O)O.CCCCOCCOCC(=O)NCCOCCOCC(=O)NCCCC[C@H](CC)C(=O)CO. The van der Waals surface area contributed by atoms with Crippen molar-refractivity contribution >= 4 is 41.2 Å². The second kappa shape index (κ2) is 47.5. The van der Waals surface area contributed by atoms with Crippen molar-refractivity contribution in [3.05, 3.63) is 0 Å². The standard InChI is InChI=1S/C24H43NO6.C23H44N2O8/c1-20(26)18-19-21(24(30)31)25-22(27)16-14-12-10-8-6-4-2-3-5-7-9-11-13-15-17-23(28)29;1-3-5-11-30-13-15-32-19-23(29)25-10-12-31-14-16-33-18-22(28)24-9-7-6-8-20(4-2)21(27)17-26/h21H,2-19H2,1H3,(H,25,27)(H,28,29)(H,30,31);20,26H,3-19H2,1-2H3,(H,24,28)(H,25,29)/t21-;20-/m00/s1. The van der Waals surface area contributed by atoms with Crippen molar-refractivity contribution in [1.29, 1.82) is 0 Å². The van der Waals surface area contributed by atoms with Crippen LogP contribution in [0.15, 0.2) is 0 Å². The van der Waals surface area contributed by atoms with E-state index in [1.165, 1.54) is 58.3 Å². The van der Waals surface area contributed by atoms with Crippen molar-refractivity contribution in [3.8, 4) is 0 Å². The lowest BCUT2D eigenvalue weighted by Crippen LogP contribution is -2.40. The highest BCUT2D eigenvalue weighted by Gasteiger charge is 2.20. The second-order valence-corrected chi connectivity index (χ2v) is 16.2. The summed E-state index contributed by atoms with van der Waals surface area (Å²) >= 11 is 0. The number of aliphatic hydroxyl groups excluding tert-OH is 1. The Bertz CT molecular complexity index is 1210. The van der Waals surface area contributed by atoms with E-state index in [1.54, 1.807) is 0 Å². The molecule has 0 spiro atoms. The largest absolute Gasteiger partial charge is 0.481 e. The molecule has 64 heavy (non-hydrogen) atoms. The fourth-order valence-electron chi connectivity index (χ4n) is 6.40. The van der Waals surface area contributed by atoms with Crippen LogP contribution in [0.25, 0.3) is 0 Å². The van der Waals surface area contributed by atoms with Crippen molar-refractivity contribution in [2.45, 2.75) is 181 Å². The number of aliphatic hydroxyl groups is 1. The Morgan fingerprint density at radius 2 is 0.984 bits per heavy atom. The molecule has 0 aliphatic carbocycles. The number of aliphatic carboxylic acids is 2. The predicted molar refractivity (Wildman–Crippen MR) is 245 cm³/mol. The van der Waals surface area contributed by atoms with Crippen LogP contribution < -0.4 is 16.0 Å². The zero-order chi connectivity index (χ0) is 47.9. The van der Waals surface area contributed by atoms with Crippen molar-refractivity contribution in [3.63, 3.8) is 0 Å². The molecule has 0 aromatic rings. The number of hydrogen-bond donors (Lipinski definition) is 6. The summed E-state index contributed by atoms with van der Waals surface area (Å²) in [5.74, 6) is -2.74. The first kappa shape index (κ1) is 62.6. The van der Waals surface area contributed by atoms with Crippen LogP contribution in [0.5, 0.6) is 0 Å². The van der Waals surface area contributed by atoms with E-state index in [0.29, 0.717) is 59.0 Å². The maximum atomic E-state index is 11.9. The average Bonchev–Trinajstić information content (AvgIpc) is 3.26. The maximum absolute atomic E-state index is 11.9. The third-order valence-corrected chi connectivity index (χ3v) is 10.3. The Morgan fingerprint density at radius 1 is 0.500 bits per heavy atom. The molecular weight excluding hydrogens is 831 g/mol. The molecule has 0 rings (SSSR count). The fourth-order valence-corrected chi connectivity index (χ4v) is 6.40. The summed E-state index contributed by atoms with van der Waals surface area (Å²) in [5, 5.41) is 34.6. The number of ketones is 2. The van der Waals surface area contributed by atoms with Gasteiger partial charge in [0.15, 0.2) is 5.78 Å². The lowest BCUT2D eigenvalue weighted by molar-refractivity contribution is -0.142. The molecule has 17 nitrogen and oxygen atoms in total. The minimum Gasteiger partial charge on any atom is -0.481 e. The number of carbonyl (C=O) groups excluding carboxylic acids is 5. The van der Waals surface area contributed by atoms with Gasteiger partial charge in [-0.25, -0.2) is 4.79 Å². The molecule has 2 atom stereocenters. The Balaban J connectivity index is 0. The molecule has 0 fully saturated rings. The molecule has 0 bridgehead atoms. The van der Waals surface area contributed by atoms with E-state index in [1.807, 2.05) is 6.92 Å². The number of ether oxygens (including phenoxy) is 4. The molecule has 6 N–H and O–H groups in total. The van der Waals surface area contributed by atoms with E-state index in [0.717, 1.165) is 77.0 Å². The molecule has 374 valence electrons. The van der Waals surface area contributed by atoms with Crippen molar-refractivity contribution in [2.24, 2.45) is 5.92 Å². The third kappa shape index (κ3) is 46.5. The number of unbranched alkanes of at least 4 members (excludes halogenated alkanes) is 15. The zero-order valence-corrected chi connectivity index (χ0v) is 39.7. The summed E-state index contributed by atoms with van der Waals surface area (Å²) < 4.78 is 21.2. The van der Waals surface area contributed by atoms with Crippen LogP contribution in [-0.2, 0) is 52.5 Å². The first-order chi connectivity index (χ1) is 30.9. The lowest BCUT2D eigenvalue weighted by Gasteiger charge is -2.13. The van der Waals surface area contributed by atoms with Crippen LogP contribution >= 0.6 is 0 Å². The van der Waals surface area contributed by atoms with Crippen molar-refractivity contribution in [1.82, 2.24) is 16.0 Å². The van der Waals surface area contributed by atoms with Gasteiger partial charge in [-0.3, -0.25) is 24.0 Å². The molecule has 0 aliphatic heterocycles. The molecule has 3 amide bonds. The highest BCUT2D eigenvalue weighted by molar-refractivity contribution is 5.84. The number of carbonyl (C=O) groups is 7. The van der Waals surface area contributed by atoms with E-state index in [2.05, 4.69) is 22.9 Å². The number of Topliss-reactive ketones (excluding diaryl/α,β-unsaturated/α-hetero) is 2. The minimum atomic E-state index is -1.09. The summed E-state index contributed by atoms with van der Waals surface area (Å²) in [5.41, 5.74) is 0. The van der Waals surface area contributed by atoms with Gasteiger partial charge in [-0.05, 0) is 51.9 Å². The Labute approximate surface area is 383 Å². The minimum absolute atomic E-state index is 0.00463. The highest BCUT2D eigenvalue weighted by atomic mass is 16.5. The third-order valence-electron chi connectivity index (χ3n) is 10.3. The predicted octanol–water partition coefficient (Wildman–Crippen LogP) is 6.09. The van der Waals surface area contributed by atoms with E-state index in [4.69, 9.17) is 34.3 Å². The average molecular weight is 918 g/mol. The summed E-state index contributed by atoms with van der Waals surface area (Å²) in [6.07, 6.45) is 21.7. The highest BCUT2D eigenvalue weighted by Crippen LogP contribution is 2.15. The zero-order valence-electron chi connectivity index (χ0n) is 39.7. The first-order valence-electron chi connectivity index (χ1n) is 24.1. The van der Waals surface area contributed by atoms with Gasteiger partial charge < -0.3 is 55.0 Å². The van der Waals surface area contributed by atoms with Crippen LogP contribution in [0.3, 0.4) is 0 Å². The van der Waals surface area contributed by atoms with Crippen LogP contribution in [0.2, 0.25) is 0 Å². The van der Waals surface area contributed by atoms with Crippen LogP contribution in [0, 0.1) is 5.92 Å². The molecule has 0 unspecified atom stereocenters.